The van der Waals surface area contributed by atoms with E-state index in [2.05, 4.69) is 10.2 Å². The highest BCUT2D eigenvalue weighted by Crippen LogP contribution is 2.48. The lowest BCUT2D eigenvalue weighted by molar-refractivity contribution is -0.136. The molecule has 4 aromatic rings. The fourth-order valence-electron chi connectivity index (χ4n) is 6.27. The molecule has 1 aromatic carbocycles. The molecule has 0 bridgehead atoms. The minimum Gasteiger partial charge on any atom is -0.393 e. The van der Waals surface area contributed by atoms with Crippen LogP contribution in [0.4, 0.5) is 22.0 Å². The maximum atomic E-state index is 14.2. The van der Waals surface area contributed by atoms with Crippen molar-refractivity contribution >= 4 is 5.52 Å². The summed E-state index contributed by atoms with van der Waals surface area (Å²) in [5.41, 5.74) is -1.31. The van der Waals surface area contributed by atoms with Gasteiger partial charge in [-0.05, 0) is 42.2 Å². The summed E-state index contributed by atoms with van der Waals surface area (Å²) in [6.07, 6.45) is -0.809. The highest BCUT2D eigenvalue weighted by molar-refractivity contribution is 5.58. The number of aliphatic hydroxyl groups is 1. The van der Waals surface area contributed by atoms with Gasteiger partial charge in [-0.15, -0.1) is 10.2 Å². The van der Waals surface area contributed by atoms with Gasteiger partial charge < -0.3 is 9.67 Å². The Hall–Kier alpha value is -3.58. The van der Waals surface area contributed by atoms with Crippen molar-refractivity contribution in [1.29, 1.82) is 0 Å². The summed E-state index contributed by atoms with van der Waals surface area (Å²) >= 11 is 0. The van der Waals surface area contributed by atoms with Crippen LogP contribution in [0.2, 0.25) is 0 Å². The van der Waals surface area contributed by atoms with E-state index in [4.69, 9.17) is 0 Å². The van der Waals surface area contributed by atoms with Gasteiger partial charge in [-0.1, -0.05) is 19.1 Å². The van der Waals surface area contributed by atoms with Gasteiger partial charge in [0.2, 0.25) is 0 Å². The topological polar surface area (TPSA) is 80.6 Å². The molecular weight excluding hydrogens is 547 g/mol. The summed E-state index contributed by atoms with van der Waals surface area (Å²) in [7, 11) is 1.79. The van der Waals surface area contributed by atoms with Gasteiger partial charge in [0.15, 0.2) is 0 Å². The van der Waals surface area contributed by atoms with E-state index in [1.807, 2.05) is 6.07 Å². The predicted octanol–water partition coefficient (Wildman–Crippen LogP) is 4.16. The first kappa shape index (κ1) is 27.6. The highest BCUT2D eigenvalue weighted by atomic mass is 19.4. The normalized spacial score (nSPS) is 25.0. The van der Waals surface area contributed by atoms with Crippen LogP contribution in [0.3, 0.4) is 0 Å². The van der Waals surface area contributed by atoms with E-state index >= 15 is 0 Å². The second kappa shape index (κ2) is 9.48. The number of aliphatic hydroxyl groups excluding tert-OH is 1. The van der Waals surface area contributed by atoms with Crippen molar-refractivity contribution in [3.05, 3.63) is 82.1 Å². The van der Waals surface area contributed by atoms with E-state index in [0.717, 1.165) is 16.0 Å². The Balaban J connectivity index is 1.41. The molecule has 2 aliphatic rings. The van der Waals surface area contributed by atoms with Crippen molar-refractivity contribution in [2.45, 2.75) is 56.3 Å². The van der Waals surface area contributed by atoms with E-state index in [1.54, 1.807) is 41.0 Å². The molecule has 1 saturated heterocycles. The number of fused-ring (bicyclic) bond motifs is 1. The first-order valence-electron chi connectivity index (χ1n) is 13.4. The summed E-state index contributed by atoms with van der Waals surface area (Å²) in [5, 5.41) is 18.4. The van der Waals surface area contributed by atoms with Crippen molar-refractivity contribution in [2.24, 2.45) is 13.0 Å². The zero-order valence-electron chi connectivity index (χ0n) is 22.4. The van der Waals surface area contributed by atoms with Crippen LogP contribution in [0.25, 0.3) is 11.2 Å². The van der Waals surface area contributed by atoms with Crippen molar-refractivity contribution < 1.29 is 27.1 Å². The highest BCUT2D eigenvalue weighted by Gasteiger charge is 2.49. The number of imidazole rings is 1. The molecule has 4 heterocycles. The Morgan fingerprint density at radius 3 is 2.54 bits per heavy atom. The average Bonchev–Trinajstić information content (AvgIpc) is 3.46. The number of pyridine rings is 1. The first-order valence-corrected chi connectivity index (χ1v) is 13.4. The maximum Gasteiger partial charge on any atom is 0.418 e. The predicted molar refractivity (Wildman–Crippen MR) is 139 cm³/mol. The molecule has 1 atom stereocenters. The molecule has 1 aliphatic heterocycles. The minimum atomic E-state index is -4.75. The van der Waals surface area contributed by atoms with Crippen LogP contribution in [0.1, 0.15) is 48.7 Å². The fourth-order valence-corrected chi connectivity index (χ4v) is 6.27. The summed E-state index contributed by atoms with van der Waals surface area (Å²) in [6.45, 7) is 1.52. The molecule has 1 aliphatic carbocycles. The van der Waals surface area contributed by atoms with E-state index in [9.17, 15) is 31.9 Å². The van der Waals surface area contributed by atoms with Gasteiger partial charge in [-0.3, -0.25) is 13.9 Å². The zero-order valence-corrected chi connectivity index (χ0v) is 22.4. The number of likely N-dealkylation sites (tertiary alicyclic amines) is 1. The number of halogens is 5. The molecule has 6 rings (SSSR count). The molecule has 0 radical (unpaired) electrons. The standard InChI is InChI=1S/C28H29F5N6O2/c1-17-12-37(7-6-27(17,29)30)13-18-8-22(28(31,32)33)23-15-38(25(41)39(23)14-18)20-5-3-4-19(9-20)26(10-21(40)11-26)24-35-34-16-36(24)2/h3-5,8-9,14-17,21,40H,6-7,10-13H2,1-2H3/t17-,21?,26?/m1/s1. The number of aromatic nitrogens is 5. The van der Waals surface area contributed by atoms with Crippen LogP contribution in [0.5, 0.6) is 0 Å². The molecule has 2 fully saturated rings. The number of alkyl halides is 5. The quantitative estimate of drug-likeness (QED) is 0.361. The van der Waals surface area contributed by atoms with E-state index in [1.165, 1.54) is 23.9 Å². The number of hydrogen-bond donors (Lipinski definition) is 1. The fraction of sp³-hybridized carbons (Fsp3) is 0.464. The van der Waals surface area contributed by atoms with Crippen molar-refractivity contribution in [1.82, 2.24) is 28.6 Å². The number of aryl methyl sites for hydroxylation is 1. The van der Waals surface area contributed by atoms with Gasteiger partial charge in [-0.25, -0.2) is 13.6 Å². The van der Waals surface area contributed by atoms with Gasteiger partial charge in [0, 0.05) is 51.4 Å². The molecule has 0 amide bonds. The molecule has 0 spiro atoms. The lowest BCUT2D eigenvalue weighted by Gasteiger charge is -2.44. The van der Waals surface area contributed by atoms with Crippen LogP contribution < -0.4 is 5.69 Å². The number of benzene rings is 1. The lowest BCUT2D eigenvalue weighted by Crippen LogP contribution is -2.47. The second-order valence-corrected chi connectivity index (χ2v) is 11.4. The third-order valence-corrected chi connectivity index (χ3v) is 8.53. The number of hydrogen-bond acceptors (Lipinski definition) is 5. The summed E-state index contributed by atoms with van der Waals surface area (Å²) in [6, 6.07) is 7.91. The molecule has 1 saturated carbocycles. The van der Waals surface area contributed by atoms with Crippen LogP contribution in [-0.4, -0.2) is 58.9 Å². The third kappa shape index (κ3) is 4.64. The van der Waals surface area contributed by atoms with Gasteiger partial charge >= 0.3 is 11.9 Å². The van der Waals surface area contributed by atoms with Crippen molar-refractivity contribution in [3.8, 4) is 5.69 Å². The smallest absolute Gasteiger partial charge is 0.393 e. The van der Waals surface area contributed by atoms with Crippen molar-refractivity contribution in [2.75, 3.05) is 13.1 Å². The van der Waals surface area contributed by atoms with Crippen LogP contribution in [0.15, 0.2) is 53.8 Å². The van der Waals surface area contributed by atoms with Crippen LogP contribution >= 0.6 is 0 Å². The number of nitrogens with zero attached hydrogens (tertiary/aromatic N) is 6. The molecule has 13 heteroatoms. The number of piperidine rings is 1. The Morgan fingerprint density at radius 1 is 1.15 bits per heavy atom. The molecule has 218 valence electrons. The molecule has 8 nitrogen and oxygen atoms in total. The van der Waals surface area contributed by atoms with Gasteiger partial charge in [0.1, 0.15) is 12.2 Å². The Bertz CT molecular complexity index is 1670. The summed E-state index contributed by atoms with van der Waals surface area (Å²) in [5.74, 6) is -3.11. The second-order valence-electron chi connectivity index (χ2n) is 11.4. The van der Waals surface area contributed by atoms with Crippen molar-refractivity contribution in [3.63, 3.8) is 0 Å². The summed E-state index contributed by atoms with van der Waals surface area (Å²) in [4.78, 5) is 15.2. The largest absolute Gasteiger partial charge is 0.418 e. The molecule has 3 aromatic heterocycles. The minimum absolute atomic E-state index is 0.00902. The monoisotopic (exact) mass is 576 g/mol. The molecular formula is C28H29F5N6O2. The Labute approximate surface area is 231 Å². The third-order valence-electron chi connectivity index (χ3n) is 8.53. The Morgan fingerprint density at radius 2 is 1.90 bits per heavy atom. The van der Waals surface area contributed by atoms with Crippen LogP contribution in [-0.2, 0) is 25.2 Å². The van der Waals surface area contributed by atoms with Gasteiger partial charge in [0.05, 0.1) is 28.3 Å². The molecule has 0 unspecified atom stereocenters. The molecule has 41 heavy (non-hydrogen) atoms. The average molecular weight is 577 g/mol. The molecule has 1 N–H and O–H groups in total. The van der Waals surface area contributed by atoms with Gasteiger partial charge in [0.25, 0.3) is 5.92 Å². The van der Waals surface area contributed by atoms with Crippen LogP contribution in [0, 0.1) is 5.92 Å². The maximum absolute atomic E-state index is 14.2. The lowest BCUT2D eigenvalue weighted by atomic mass is 9.62. The Kier molecular flexibility index (Phi) is 6.38. The number of rotatable bonds is 5. The SMILES string of the molecule is C[C@@H]1CN(Cc2cc(C(F)(F)F)c3cn(-c4cccc(C5(c6nncn6C)CC(O)C5)c4)c(=O)n3c2)CCC1(F)F. The summed E-state index contributed by atoms with van der Waals surface area (Å²) < 4.78 is 74.5. The van der Waals surface area contributed by atoms with E-state index in [0.29, 0.717) is 24.4 Å². The van der Waals surface area contributed by atoms with E-state index in [-0.39, 0.29) is 37.1 Å². The van der Waals surface area contributed by atoms with E-state index < -0.39 is 40.8 Å². The van der Waals surface area contributed by atoms with Gasteiger partial charge in [-0.2, -0.15) is 13.2 Å². The first-order chi connectivity index (χ1) is 19.3. The zero-order chi connectivity index (χ0) is 29.3.